The number of aliphatic carboxylic acids is 1. The van der Waals surface area contributed by atoms with Gasteiger partial charge in [-0.2, -0.15) is 0 Å². The van der Waals surface area contributed by atoms with Crippen LogP contribution in [0.1, 0.15) is 31.5 Å². The Morgan fingerprint density at radius 2 is 2.11 bits per heavy atom. The van der Waals surface area contributed by atoms with E-state index in [1.165, 1.54) is 0 Å². The highest BCUT2D eigenvalue weighted by atomic mass is 79.9. The van der Waals surface area contributed by atoms with Gasteiger partial charge in [0.15, 0.2) is 5.65 Å². The molecule has 100 valence electrons. The summed E-state index contributed by atoms with van der Waals surface area (Å²) in [6.07, 6.45) is 5.74. The van der Waals surface area contributed by atoms with Gasteiger partial charge >= 0.3 is 5.97 Å². The predicted octanol–water partition coefficient (Wildman–Crippen LogP) is 2.68. The molecule has 1 aliphatic carbocycles. The molecule has 6 heteroatoms. The smallest absolute Gasteiger partial charge is 0.310 e. The SMILES string of the molecule is O=C(O)C1(Cc2nnc3ccc(Br)cn23)CCCC1. The third kappa shape index (κ3) is 2.14. The maximum Gasteiger partial charge on any atom is 0.310 e. The summed E-state index contributed by atoms with van der Waals surface area (Å²) in [6.45, 7) is 0. The topological polar surface area (TPSA) is 67.5 Å². The quantitative estimate of drug-likeness (QED) is 0.942. The Hall–Kier alpha value is -1.43. The lowest BCUT2D eigenvalue weighted by Gasteiger charge is -2.22. The van der Waals surface area contributed by atoms with Crippen LogP contribution < -0.4 is 0 Å². The van der Waals surface area contributed by atoms with Crippen LogP contribution in [0.4, 0.5) is 0 Å². The normalized spacial score (nSPS) is 17.9. The molecular weight excluding hydrogens is 310 g/mol. The van der Waals surface area contributed by atoms with Gasteiger partial charge in [-0.1, -0.05) is 12.8 Å². The van der Waals surface area contributed by atoms with Crippen LogP contribution >= 0.6 is 15.9 Å². The van der Waals surface area contributed by atoms with Crippen molar-refractivity contribution in [3.8, 4) is 0 Å². The van der Waals surface area contributed by atoms with Crippen molar-refractivity contribution in [1.82, 2.24) is 14.6 Å². The zero-order chi connectivity index (χ0) is 13.5. The minimum atomic E-state index is -0.711. The zero-order valence-corrected chi connectivity index (χ0v) is 11.9. The van der Waals surface area contributed by atoms with Crippen LogP contribution in [0.15, 0.2) is 22.8 Å². The molecule has 1 N–H and O–H groups in total. The summed E-state index contributed by atoms with van der Waals surface area (Å²) in [5, 5.41) is 17.8. The second-order valence-electron chi connectivity index (χ2n) is 5.16. The molecule has 2 aromatic rings. The lowest BCUT2D eigenvalue weighted by molar-refractivity contribution is -0.148. The fraction of sp³-hybridized carbons (Fsp3) is 0.462. The Morgan fingerprint density at radius 3 is 2.79 bits per heavy atom. The fourth-order valence-electron chi connectivity index (χ4n) is 2.85. The fourth-order valence-corrected chi connectivity index (χ4v) is 3.19. The van der Waals surface area contributed by atoms with Gasteiger partial charge in [-0.25, -0.2) is 0 Å². The molecule has 0 aliphatic heterocycles. The number of aromatic nitrogens is 3. The first kappa shape index (κ1) is 12.6. The Morgan fingerprint density at radius 1 is 1.37 bits per heavy atom. The Bertz CT molecular complexity index is 632. The van der Waals surface area contributed by atoms with Crippen LogP contribution in [0.2, 0.25) is 0 Å². The number of carboxylic acid groups (broad SMARTS) is 1. The molecule has 2 aromatic heterocycles. The first-order valence-corrected chi connectivity index (χ1v) is 7.13. The molecule has 19 heavy (non-hydrogen) atoms. The number of hydrogen-bond acceptors (Lipinski definition) is 3. The summed E-state index contributed by atoms with van der Waals surface area (Å²) in [5.74, 6) is 0.0114. The molecule has 0 amide bonds. The average Bonchev–Trinajstić information content (AvgIpc) is 2.98. The number of halogens is 1. The van der Waals surface area contributed by atoms with E-state index in [1.54, 1.807) is 0 Å². The van der Waals surface area contributed by atoms with Gasteiger partial charge in [0.2, 0.25) is 0 Å². The van der Waals surface area contributed by atoms with Crippen molar-refractivity contribution >= 4 is 27.5 Å². The number of carboxylic acids is 1. The van der Waals surface area contributed by atoms with Gasteiger partial charge in [0.05, 0.1) is 5.41 Å². The number of carbonyl (C=O) groups is 1. The summed E-state index contributed by atoms with van der Waals surface area (Å²) in [6, 6.07) is 3.76. The van der Waals surface area contributed by atoms with E-state index in [0.29, 0.717) is 6.42 Å². The molecule has 0 saturated heterocycles. The largest absolute Gasteiger partial charge is 0.481 e. The molecular formula is C13H14BrN3O2. The van der Waals surface area contributed by atoms with Crippen LogP contribution in [-0.2, 0) is 11.2 Å². The number of nitrogens with zero attached hydrogens (tertiary/aromatic N) is 3. The van der Waals surface area contributed by atoms with Gasteiger partial charge in [-0.3, -0.25) is 9.20 Å². The summed E-state index contributed by atoms with van der Waals surface area (Å²) in [5.41, 5.74) is 0.0855. The summed E-state index contributed by atoms with van der Waals surface area (Å²) >= 11 is 3.41. The molecule has 0 aromatic carbocycles. The third-order valence-electron chi connectivity index (χ3n) is 3.95. The van der Waals surface area contributed by atoms with Crippen LogP contribution in [0.3, 0.4) is 0 Å². The van der Waals surface area contributed by atoms with Crippen molar-refractivity contribution in [2.75, 3.05) is 0 Å². The molecule has 1 aliphatic rings. The van der Waals surface area contributed by atoms with Crippen molar-refractivity contribution in [2.45, 2.75) is 32.1 Å². The van der Waals surface area contributed by atoms with Crippen molar-refractivity contribution in [1.29, 1.82) is 0 Å². The van der Waals surface area contributed by atoms with Gasteiger partial charge in [0.1, 0.15) is 5.82 Å². The molecule has 0 bridgehead atoms. The zero-order valence-electron chi connectivity index (χ0n) is 10.3. The molecule has 5 nitrogen and oxygen atoms in total. The molecule has 2 heterocycles. The second kappa shape index (κ2) is 4.59. The van der Waals surface area contributed by atoms with Crippen molar-refractivity contribution < 1.29 is 9.90 Å². The molecule has 0 unspecified atom stereocenters. The highest BCUT2D eigenvalue weighted by Gasteiger charge is 2.42. The van der Waals surface area contributed by atoms with Crippen LogP contribution in [0.25, 0.3) is 5.65 Å². The number of pyridine rings is 1. The maximum absolute atomic E-state index is 11.6. The minimum absolute atomic E-state index is 0.444. The minimum Gasteiger partial charge on any atom is -0.481 e. The monoisotopic (exact) mass is 323 g/mol. The van der Waals surface area contributed by atoms with E-state index in [0.717, 1.165) is 41.6 Å². The molecule has 0 spiro atoms. The Balaban J connectivity index is 2.00. The van der Waals surface area contributed by atoms with E-state index in [4.69, 9.17) is 0 Å². The maximum atomic E-state index is 11.6. The van der Waals surface area contributed by atoms with Gasteiger partial charge in [0, 0.05) is 17.1 Å². The van der Waals surface area contributed by atoms with Crippen LogP contribution in [0.5, 0.6) is 0 Å². The van der Waals surface area contributed by atoms with Gasteiger partial charge in [-0.05, 0) is 40.9 Å². The van der Waals surface area contributed by atoms with Crippen molar-refractivity contribution in [2.24, 2.45) is 5.41 Å². The predicted molar refractivity (Wildman–Crippen MR) is 72.9 cm³/mol. The molecule has 1 saturated carbocycles. The number of hydrogen-bond donors (Lipinski definition) is 1. The Labute approximate surface area is 118 Å². The molecule has 1 fully saturated rings. The van der Waals surface area contributed by atoms with E-state index >= 15 is 0 Å². The standard InChI is InChI=1S/C13H14BrN3O2/c14-9-3-4-10-15-16-11(17(10)8-9)7-13(12(18)19)5-1-2-6-13/h3-4,8H,1-2,5-7H2,(H,18,19). The summed E-state index contributed by atoms with van der Waals surface area (Å²) in [7, 11) is 0. The summed E-state index contributed by atoms with van der Waals surface area (Å²) in [4.78, 5) is 11.6. The lowest BCUT2D eigenvalue weighted by Crippen LogP contribution is -2.31. The van der Waals surface area contributed by atoms with E-state index in [2.05, 4.69) is 26.1 Å². The molecule has 0 radical (unpaired) electrons. The van der Waals surface area contributed by atoms with E-state index in [9.17, 15) is 9.90 Å². The second-order valence-corrected chi connectivity index (χ2v) is 6.08. The lowest BCUT2D eigenvalue weighted by atomic mass is 9.82. The number of rotatable bonds is 3. The highest BCUT2D eigenvalue weighted by molar-refractivity contribution is 9.10. The van der Waals surface area contributed by atoms with Crippen molar-refractivity contribution in [3.63, 3.8) is 0 Å². The van der Waals surface area contributed by atoms with Gasteiger partial charge in [-0.15, -0.1) is 10.2 Å². The van der Waals surface area contributed by atoms with E-state index < -0.39 is 11.4 Å². The van der Waals surface area contributed by atoms with Gasteiger partial charge in [0.25, 0.3) is 0 Å². The van der Waals surface area contributed by atoms with E-state index in [1.807, 2.05) is 22.7 Å². The number of fused-ring (bicyclic) bond motifs is 1. The molecule has 3 rings (SSSR count). The first-order chi connectivity index (χ1) is 9.11. The third-order valence-corrected chi connectivity index (χ3v) is 4.42. The average molecular weight is 324 g/mol. The summed E-state index contributed by atoms with van der Waals surface area (Å²) < 4.78 is 2.80. The highest BCUT2D eigenvalue weighted by Crippen LogP contribution is 2.41. The first-order valence-electron chi connectivity index (χ1n) is 6.33. The van der Waals surface area contributed by atoms with E-state index in [-0.39, 0.29) is 0 Å². The Kier molecular flexibility index (Phi) is 3.05. The van der Waals surface area contributed by atoms with Gasteiger partial charge < -0.3 is 5.11 Å². The van der Waals surface area contributed by atoms with Crippen molar-refractivity contribution in [3.05, 3.63) is 28.6 Å². The van der Waals surface area contributed by atoms with Crippen LogP contribution in [0, 0.1) is 5.41 Å². The van der Waals surface area contributed by atoms with Crippen LogP contribution in [-0.4, -0.2) is 25.7 Å². The molecule has 0 atom stereocenters.